The highest BCUT2D eigenvalue weighted by Gasteiger charge is 2.44. The van der Waals surface area contributed by atoms with Crippen LogP contribution in [0.5, 0.6) is 5.75 Å². The summed E-state index contributed by atoms with van der Waals surface area (Å²) in [5.74, 6) is 3.19. The molecule has 6 nitrogen and oxygen atoms in total. The minimum atomic E-state index is 0.566. The zero-order valence-electron chi connectivity index (χ0n) is 18.0. The van der Waals surface area contributed by atoms with E-state index in [-0.39, 0.29) is 0 Å². The van der Waals surface area contributed by atoms with Crippen LogP contribution in [0.25, 0.3) is 22.4 Å². The summed E-state index contributed by atoms with van der Waals surface area (Å²) in [7, 11) is 5.89. The Hall–Kier alpha value is -2.70. The zero-order chi connectivity index (χ0) is 21.3. The zero-order valence-corrected chi connectivity index (χ0v) is 18.0. The number of carbonyl (C=O) groups excluding carboxylic acids is 1. The number of nitrogens with one attached hydrogen (secondary N) is 1. The maximum absolute atomic E-state index is 10.8. The lowest BCUT2D eigenvalue weighted by molar-refractivity contribution is 0.00160. The van der Waals surface area contributed by atoms with Gasteiger partial charge in [0.15, 0.2) is 5.58 Å². The third kappa shape index (κ3) is 3.85. The summed E-state index contributed by atoms with van der Waals surface area (Å²) in [6.45, 7) is 4.59. The van der Waals surface area contributed by atoms with Gasteiger partial charge in [0.1, 0.15) is 23.3 Å². The highest BCUT2D eigenvalue weighted by molar-refractivity contribution is 5.84. The van der Waals surface area contributed by atoms with Crippen LogP contribution in [0.1, 0.15) is 22.3 Å². The Morgan fingerprint density at radius 2 is 2.00 bits per heavy atom. The van der Waals surface area contributed by atoms with Crippen molar-refractivity contribution in [2.24, 2.45) is 11.8 Å². The molecule has 0 radical (unpaired) electrons. The molecule has 0 spiro atoms. The molecular weight excluding hydrogens is 378 g/mol. The number of fused-ring (bicyclic) bond motifs is 3. The van der Waals surface area contributed by atoms with Gasteiger partial charge in [0, 0.05) is 37.0 Å². The molecule has 2 unspecified atom stereocenters. The lowest BCUT2D eigenvalue weighted by atomic mass is 9.66. The van der Waals surface area contributed by atoms with Gasteiger partial charge in [-0.05, 0) is 63.0 Å². The molecule has 30 heavy (non-hydrogen) atoms. The Labute approximate surface area is 177 Å². The number of benzene rings is 1. The fourth-order valence-corrected chi connectivity index (χ4v) is 4.78. The number of piperidine rings is 2. The van der Waals surface area contributed by atoms with Gasteiger partial charge < -0.3 is 19.4 Å². The van der Waals surface area contributed by atoms with Gasteiger partial charge in [0.2, 0.25) is 0 Å². The first-order chi connectivity index (χ1) is 14.5. The highest BCUT2D eigenvalue weighted by Crippen LogP contribution is 2.39. The van der Waals surface area contributed by atoms with Crippen LogP contribution in [0.2, 0.25) is 0 Å². The van der Waals surface area contributed by atoms with E-state index in [0.29, 0.717) is 17.1 Å². The monoisotopic (exact) mass is 407 g/mol. The van der Waals surface area contributed by atoms with Gasteiger partial charge in [-0.2, -0.15) is 0 Å². The number of ether oxygens (including phenoxy) is 1. The third-order valence-electron chi connectivity index (χ3n) is 6.28. The number of furan rings is 1. The Bertz CT molecular complexity index is 1030. The minimum Gasteiger partial charge on any atom is -0.496 e. The van der Waals surface area contributed by atoms with E-state index < -0.39 is 0 Å². The summed E-state index contributed by atoms with van der Waals surface area (Å²) in [6, 6.07) is 9.86. The van der Waals surface area contributed by atoms with Gasteiger partial charge in [-0.1, -0.05) is 6.07 Å². The number of hydrogen-bond donors (Lipinski definition) is 1. The molecule has 2 atom stereocenters. The average molecular weight is 408 g/mol. The van der Waals surface area contributed by atoms with Gasteiger partial charge in [-0.25, -0.2) is 0 Å². The number of carbonyl (C=O) groups is 1. The predicted molar refractivity (Wildman–Crippen MR) is 118 cm³/mol. The fourth-order valence-electron chi connectivity index (χ4n) is 4.78. The van der Waals surface area contributed by atoms with Crippen molar-refractivity contribution >= 4 is 17.4 Å². The van der Waals surface area contributed by atoms with E-state index in [1.807, 2.05) is 25.1 Å². The highest BCUT2D eigenvalue weighted by atomic mass is 16.5. The number of aromatic nitrogens is 1. The van der Waals surface area contributed by atoms with Crippen LogP contribution in [0.15, 0.2) is 40.9 Å². The van der Waals surface area contributed by atoms with E-state index >= 15 is 0 Å². The van der Waals surface area contributed by atoms with Crippen molar-refractivity contribution in [1.82, 2.24) is 15.2 Å². The lowest BCUT2D eigenvalue weighted by Crippen LogP contribution is -2.61. The molecular formula is C24H29N3O3. The van der Waals surface area contributed by atoms with Crippen molar-refractivity contribution in [1.29, 1.82) is 0 Å². The molecule has 1 aromatic carbocycles. The van der Waals surface area contributed by atoms with E-state index in [9.17, 15) is 4.79 Å². The average Bonchev–Trinajstić information content (AvgIpc) is 3.19. The van der Waals surface area contributed by atoms with Crippen molar-refractivity contribution in [3.05, 3.63) is 47.7 Å². The van der Waals surface area contributed by atoms with Crippen LogP contribution in [0, 0.1) is 18.8 Å². The molecule has 158 valence electrons. The van der Waals surface area contributed by atoms with Crippen LogP contribution in [-0.4, -0.2) is 56.5 Å². The number of pyridine rings is 1. The molecule has 0 amide bonds. The van der Waals surface area contributed by atoms with E-state index in [1.165, 1.54) is 19.5 Å². The molecule has 3 aliphatic rings. The summed E-state index contributed by atoms with van der Waals surface area (Å²) >= 11 is 0. The summed E-state index contributed by atoms with van der Waals surface area (Å²) in [5, 5.41) is 3.40. The molecule has 2 aliphatic heterocycles. The number of methoxy groups -OCH3 is 1. The van der Waals surface area contributed by atoms with Crippen molar-refractivity contribution < 1.29 is 13.9 Å². The molecule has 6 rings (SSSR count). The molecule has 6 heteroatoms. The summed E-state index contributed by atoms with van der Waals surface area (Å²) in [6.07, 6.45) is 4.01. The Kier molecular flexibility index (Phi) is 5.88. The molecule has 1 saturated carbocycles. The van der Waals surface area contributed by atoms with E-state index in [4.69, 9.17) is 9.15 Å². The Balaban J connectivity index is 0.000000181. The van der Waals surface area contributed by atoms with E-state index in [1.54, 1.807) is 25.4 Å². The standard InChI is InChI=1S/C16H13NO3.C8H16N2/c1-10-5-6-17-13-8-15(20-16(10)13)12-4-3-11(9-18)7-14(12)19-2;1-9-8-6-3-7(8)5-10(2)4-6/h3-9H,1-2H3;6-9H,3-5H2,1-2H3. The quantitative estimate of drug-likeness (QED) is 0.664. The predicted octanol–water partition coefficient (Wildman–Crippen LogP) is 3.78. The van der Waals surface area contributed by atoms with Gasteiger partial charge in [-0.3, -0.25) is 9.78 Å². The van der Waals surface area contributed by atoms with Gasteiger partial charge in [0.25, 0.3) is 0 Å². The third-order valence-corrected chi connectivity index (χ3v) is 6.28. The van der Waals surface area contributed by atoms with Gasteiger partial charge in [-0.15, -0.1) is 0 Å². The first-order valence-electron chi connectivity index (χ1n) is 10.4. The van der Waals surface area contributed by atoms with Crippen LogP contribution >= 0.6 is 0 Å². The number of aryl methyl sites for hydroxylation is 1. The summed E-state index contributed by atoms with van der Waals surface area (Å²) in [4.78, 5) is 17.6. The second-order valence-electron chi connectivity index (χ2n) is 8.32. The van der Waals surface area contributed by atoms with Crippen LogP contribution in [0.4, 0.5) is 0 Å². The van der Waals surface area contributed by atoms with Gasteiger partial charge in [0.05, 0.1) is 12.7 Å². The second kappa shape index (κ2) is 8.58. The van der Waals surface area contributed by atoms with Crippen molar-refractivity contribution in [2.75, 3.05) is 34.3 Å². The van der Waals surface area contributed by atoms with E-state index in [0.717, 1.165) is 46.4 Å². The first-order valence-corrected chi connectivity index (χ1v) is 10.4. The fraction of sp³-hybridized carbons (Fsp3) is 0.417. The molecule has 1 aliphatic carbocycles. The number of nitrogens with zero attached hydrogens (tertiary/aromatic N) is 2. The largest absolute Gasteiger partial charge is 0.496 e. The van der Waals surface area contributed by atoms with Crippen LogP contribution in [0.3, 0.4) is 0 Å². The van der Waals surface area contributed by atoms with Crippen molar-refractivity contribution in [2.45, 2.75) is 19.4 Å². The maximum atomic E-state index is 10.8. The smallest absolute Gasteiger partial charge is 0.156 e. The number of aldehydes is 1. The number of rotatable bonds is 4. The lowest BCUT2D eigenvalue weighted by Gasteiger charge is -2.52. The van der Waals surface area contributed by atoms with Crippen molar-refractivity contribution in [3.8, 4) is 17.1 Å². The summed E-state index contributed by atoms with van der Waals surface area (Å²) in [5.41, 5.74) is 3.97. The Morgan fingerprint density at radius 1 is 1.23 bits per heavy atom. The molecule has 4 heterocycles. The van der Waals surface area contributed by atoms with E-state index in [2.05, 4.69) is 29.3 Å². The first kappa shape index (κ1) is 20.6. The van der Waals surface area contributed by atoms with Crippen LogP contribution in [-0.2, 0) is 0 Å². The molecule has 3 fully saturated rings. The molecule has 3 aromatic rings. The van der Waals surface area contributed by atoms with Gasteiger partial charge >= 0.3 is 0 Å². The normalized spacial score (nSPS) is 22.7. The summed E-state index contributed by atoms with van der Waals surface area (Å²) < 4.78 is 11.2. The molecule has 2 aromatic heterocycles. The van der Waals surface area contributed by atoms with Crippen LogP contribution < -0.4 is 10.1 Å². The molecule has 2 saturated heterocycles. The maximum Gasteiger partial charge on any atom is 0.156 e. The number of hydrogen-bond acceptors (Lipinski definition) is 6. The topological polar surface area (TPSA) is 67.6 Å². The second-order valence-corrected chi connectivity index (χ2v) is 8.32. The SMILES string of the molecule is CNC1C2CC1CN(C)C2.COc1cc(C=O)ccc1-c1cc2nccc(C)c2o1. The Morgan fingerprint density at radius 3 is 2.63 bits per heavy atom. The minimum absolute atomic E-state index is 0.566. The molecule has 2 bridgehead atoms. The van der Waals surface area contributed by atoms with Crippen molar-refractivity contribution in [3.63, 3.8) is 0 Å². The molecule has 1 N–H and O–H groups in total.